The zero-order valence-corrected chi connectivity index (χ0v) is 16.9. The van der Waals surface area contributed by atoms with E-state index in [1.165, 1.54) is 16.7 Å². The summed E-state index contributed by atoms with van der Waals surface area (Å²) < 4.78 is 51.1. The minimum absolute atomic E-state index is 0.201. The summed E-state index contributed by atoms with van der Waals surface area (Å²) in [6.07, 6.45) is 5.70. The largest absolute Gasteiger partial charge is 0.389 e. The SMILES string of the molecule is C[C@]12CC=C3C4=C(CC[C@H]3[C@@H]1CC[C@@]2(O)CC(F)=C(F)F)CC1(CC4)OCCO1. The molecule has 29 heavy (non-hydrogen) atoms. The van der Waals surface area contributed by atoms with E-state index in [0.29, 0.717) is 32.0 Å². The average Bonchev–Trinajstić information content (AvgIpc) is 3.24. The molecule has 4 aliphatic carbocycles. The number of fused-ring (bicyclic) bond motifs is 4. The van der Waals surface area contributed by atoms with Crippen molar-refractivity contribution in [2.75, 3.05) is 13.2 Å². The lowest BCUT2D eigenvalue weighted by atomic mass is 9.55. The highest BCUT2D eigenvalue weighted by molar-refractivity contribution is 5.45. The Hall–Kier alpha value is -1.11. The normalized spacial score (nSPS) is 40.4. The summed E-state index contributed by atoms with van der Waals surface area (Å²) >= 11 is 0. The highest BCUT2D eigenvalue weighted by atomic mass is 19.3. The van der Waals surface area contributed by atoms with Crippen molar-refractivity contribution < 1.29 is 27.8 Å². The molecule has 160 valence electrons. The Bertz CT molecular complexity index is 806. The molecule has 0 radical (unpaired) electrons. The Morgan fingerprint density at radius 2 is 1.90 bits per heavy atom. The Labute approximate surface area is 169 Å². The summed E-state index contributed by atoms with van der Waals surface area (Å²) in [6.45, 7) is 3.30. The molecule has 0 aromatic rings. The highest BCUT2D eigenvalue weighted by Gasteiger charge is 2.60. The van der Waals surface area contributed by atoms with Gasteiger partial charge >= 0.3 is 6.08 Å². The average molecular weight is 410 g/mol. The van der Waals surface area contributed by atoms with E-state index < -0.39 is 35.1 Å². The molecule has 6 heteroatoms. The molecule has 1 heterocycles. The first-order chi connectivity index (χ1) is 13.8. The smallest absolute Gasteiger partial charge is 0.301 e. The Morgan fingerprint density at radius 1 is 1.14 bits per heavy atom. The number of halogens is 3. The molecule has 0 aromatic heterocycles. The Kier molecular flexibility index (Phi) is 4.58. The second-order valence-electron chi connectivity index (χ2n) is 9.81. The van der Waals surface area contributed by atoms with Crippen molar-refractivity contribution in [1.29, 1.82) is 0 Å². The third-order valence-corrected chi connectivity index (χ3v) is 8.62. The van der Waals surface area contributed by atoms with Crippen LogP contribution in [0.1, 0.15) is 64.7 Å². The van der Waals surface area contributed by atoms with Gasteiger partial charge in [-0.25, -0.2) is 4.39 Å². The minimum atomic E-state index is -2.31. The van der Waals surface area contributed by atoms with Crippen molar-refractivity contribution in [2.24, 2.45) is 17.3 Å². The molecule has 1 N–H and O–H groups in total. The molecule has 3 nitrogen and oxygen atoms in total. The number of hydrogen-bond donors (Lipinski definition) is 1. The van der Waals surface area contributed by atoms with Crippen LogP contribution < -0.4 is 0 Å². The second kappa shape index (κ2) is 6.69. The maximum absolute atomic E-state index is 13.8. The molecule has 5 aliphatic rings. The Balaban J connectivity index is 1.44. The Morgan fingerprint density at radius 3 is 2.62 bits per heavy atom. The molecule has 5 rings (SSSR count). The lowest BCUT2D eigenvalue weighted by molar-refractivity contribution is -0.164. The fraction of sp³-hybridized carbons (Fsp3) is 0.739. The number of allylic oxidation sites excluding steroid dienone is 3. The number of rotatable bonds is 2. The van der Waals surface area contributed by atoms with Gasteiger partial charge in [-0.1, -0.05) is 18.6 Å². The lowest BCUT2D eigenvalue weighted by Crippen LogP contribution is -2.49. The van der Waals surface area contributed by atoms with E-state index in [1.807, 2.05) is 6.92 Å². The van der Waals surface area contributed by atoms with Gasteiger partial charge in [-0.3, -0.25) is 0 Å². The molecule has 1 saturated heterocycles. The molecule has 0 aromatic carbocycles. The fourth-order valence-electron chi connectivity index (χ4n) is 7.01. The van der Waals surface area contributed by atoms with Crippen molar-refractivity contribution in [1.82, 2.24) is 0 Å². The number of hydrogen-bond acceptors (Lipinski definition) is 3. The van der Waals surface area contributed by atoms with Gasteiger partial charge in [0.25, 0.3) is 0 Å². The third-order valence-electron chi connectivity index (χ3n) is 8.62. The van der Waals surface area contributed by atoms with Crippen LogP contribution in [0.15, 0.2) is 34.7 Å². The van der Waals surface area contributed by atoms with Gasteiger partial charge in [-0.2, -0.15) is 8.78 Å². The molecule has 0 bridgehead atoms. The summed E-state index contributed by atoms with van der Waals surface area (Å²) in [7, 11) is 0. The van der Waals surface area contributed by atoms with Gasteiger partial charge < -0.3 is 14.6 Å². The molecular formula is C23H29F3O3. The van der Waals surface area contributed by atoms with Gasteiger partial charge in [0.2, 0.25) is 0 Å². The van der Waals surface area contributed by atoms with Crippen molar-refractivity contribution in [3.05, 3.63) is 34.7 Å². The minimum Gasteiger partial charge on any atom is -0.389 e. The van der Waals surface area contributed by atoms with Gasteiger partial charge in [-0.05, 0) is 61.5 Å². The summed E-state index contributed by atoms with van der Waals surface area (Å²) in [5, 5.41) is 11.2. The van der Waals surface area contributed by atoms with Crippen LogP contribution in [-0.4, -0.2) is 29.7 Å². The van der Waals surface area contributed by atoms with E-state index in [1.54, 1.807) is 0 Å². The van der Waals surface area contributed by atoms with E-state index in [-0.39, 0.29) is 5.92 Å². The van der Waals surface area contributed by atoms with Crippen LogP contribution in [0.3, 0.4) is 0 Å². The second-order valence-corrected chi connectivity index (χ2v) is 9.81. The predicted octanol–water partition coefficient (Wildman–Crippen LogP) is 5.57. The maximum Gasteiger partial charge on any atom is 0.301 e. The first kappa shape index (κ1) is 19.8. The summed E-state index contributed by atoms with van der Waals surface area (Å²) in [5.74, 6) is -1.37. The van der Waals surface area contributed by atoms with Crippen LogP contribution in [-0.2, 0) is 9.47 Å². The molecule has 4 atom stereocenters. The number of ether oxygens (including phenoxy) is 2. The van der Waals surface area contributed by atoms with Gasteiger partial charge in [0.15, 0.2) is 11.6 Å². The monoisotopic (exact) mass is 410 g/mol. The van der Waals surface area contributed by atoms with Crippen LogP contribution in [0.5, 0.6) is 0 Å². The zero-order chi connectivity index (χ0) is 20.4. The molecule has 1 aliphatic heterocycles. The lowest BCUT2D eigenvalue weighted by Gasteiger charge is -2.51. The van der Waals surface area contributed by atoms with Crippen LogP contribution in [0.25, 0.3) is 0 Å². The van der Waals surface area contributed by atoms with Crippen LogP contribution in [0, 0.1) is 17.3 Å². The predicted molar refractivity (Wildman–Crippen MR) is 102 cm³/mol. The van der Waals surface area contributed by atoms with E-state index in [2.05, 4.69) is 6.08 Å². The van der Waals surface area contributed by atoms with Gasteiger partial charge in [0, 0.05) is 24.7 Å². The highest BCUT2D eigenvalue weighted by Crippen LogP contribution is 2.64. The topological polar surface area (TPSA) is 38.7 Å². The molecule has 0 unspecified atom stereocenters. The first-order valence-electron chi connectivity index (χ1n) is 10.9. The summed E-state index contributed by atoms with van der Waals surface area (Å²) in [4.78, 5) is 0. The third kappa shape index (κ3) is 2.89. The summed E-state index contributed by atoms with van der Waals surface area (Å²) in [5.41, 5.74) is 2.28. The van der Waals surface area contributed by atoms with Crippen LogP contribution in [0.2, 0.25) is 0 Å². The van der Waals surface area contributed by atoms with Crippen molar-refractivity contribution in [2.45, 2.75) is 76.1 Å². The van der Waals surface area contributed by atoms with E-state index in [4.69, 9.17) is 9.47 Å². The first-order valence-corrected chi connectivity index (χ1v) is 10.9. The molecule has 1 saturated carbocycles. The molecule has 1 spiro atoms. The van der Waals surface area contributed by atoms with Gasteiger partial charge in [-0.15, -0.1) is 0 Å². The van der Waals surface area contributed by atoms with Gasteiger partial charge in [0.05, 0.1) is 18.8 Å². The van der Waals surface area contributed by atoms with Gasteiger partial charge in [0.1, 0.15) is 0 Å². The molecule has 0 amide bonds. The number of aliphatic hydroxyl groups is 1. The molecule has 2 fully saturated rings. The van der Waals surface area contributed by atoms with Crippen molar-refractivity contribution >= 4 is 0 Å². The maximum atomic E-state index is 13.8. The standard InChI is InChI=1S/C23H29F3O3/c1-21-7-4-16-15-5-9-23(28-10-11-29-23)12-14(15)2-3-17(16)18(21)6-8-22(21,27)13-19(24)20(25)26/h4,17-18,27H,2-3,5-13H2,1H3/t17-,18+,21+,22-/m1/s1. The molecular weight excluding hydrogens is 381 g/mol. The summed E-state index contributed by atoms with van der Waals surface area (Å²) in [6, 6.07) is 0. The van der Waals surface area contributed by atoms with E-state index >= 15 is 0 Å². The van der Waals surface area contributed by atoms with E-state index in [0.717, 1.165) is 38.5 Å². The van der Waals surface area contributed by atoms with E-state index in [9.17, 15) is 18.3 Å². The van der Waals surface area contributed by atoms with Crippen LogP contribution >= 0.6 is 0 Å². The van der Waals surface area contributed by atoms with Crippen molar-refractivity contribution in [3.63, 3.8) is 0 Å². The van der Waals surface area contributed by atoms with Crippen LogP contribution in [0.4, 0.5) is 13.2 Å². The zero-order valence-electron chi connectivity index (χ0n) is 16.9. The van der Waals surface area contributed by atoms with Crippen molar-refractivity contribution in [3.8, 4) is 0 Å². The fourth-order valence-corrected chi connectivity index (χ4v) is 7.01. The quantitative estimate of drug-likeness (QED) is 0.647.